The monoisotopic (exact) mass is 286 g/mol. The van der Waals surface area contributed by atoms with Crippen molar-refractivity contribution in [2.75, 3.05) is 18.5 Å². The smallest absolute Gasteiger partial charge is 0.395 e. The van der Waals surface area contributed by atoms with E-state index in [9.17, 15) is 18.0 Å². The summed E-state index contributed by atoms with van der Waals surface area (Å²) in [7, 11) is 0. The predicted molar refractivity (Wildman–Crippen MR) is 68.1 cm³/mol. The topological polar surface area (TPSA) is 61.4 Å². The Kier molecular flexibility index (Phi) is 5.87. The number of amides is 2. The fraction of sp³-hybridized carbons (Fsp3) is 0.308. The normalized spacial score (nSPS) is 10.4. The summed E-state index contributed by atoms with van der Waals surface area (Å²) >= 11 is 0. The van der Waals surface area contributed by atoms with Crippen LogP contribution in [0.1, 0.15) is 12.0 Å². The molecule has 0 saturated carbocycles. The summed E-state index contributed by atoms with van der Waals surface area (Å²) in [6.07, 6.45) is -4.08. The molecule has 3 N–H and O–H groups in total. The summed E-state index contributed by atoms with van der Waals surface area (Å²) in [6.45, 7) is -1.41. The quantitative estimate of drug-likeness (QED) is 0.745. The Labute approximate surface area is 114 Å². The minimum atomic E-state index is -4.44. The minimum Gasteiger partial charge on any atom is -0.395 e. The lowest BCUT2D eigenvalue weighted by atomic mass is 10.2. The highest BCUT2D eigenvalue weighted by molar-refractivity contribution is 5.89. The highest BCUT2D eigenvalue weighted by Crippen LogP contribution is 2.13. The predicted octanol–water partition coefficient (Wildman–Crippen LogP) is 2.10. The molecule has 0 radical (unpaired) electrons. The molecular weight excluding hydrogens is 273 g/mol. The molecule has 2 amide bonds. The van der Waals surface area contributed by atoms with E-state index in [1.165, 1.54) is 12.1 Å². The Morgan fingerprint density at radius 3 is 2.45 bits per heavy atom. The second-order valence-corrected chi connectivity index (χ2v) is 3.78. The van der Waals surface area contributed by atoms with E-state index in [4.69, 9.17) is 5.11 Å². The van der Waals surface area contributed by atoms with Crippen LogP contribution < -0.4 is 10.6 Å². The number of anilines is 1. The molecule has 0 spiro atoms. The summed E-state index contributed by atoms with van der Waals surface area (Å²) < 4.78 is 35.6. The number of carbonyl (C=O) groups excluding carboxylic acids is 1. The van der Waals surface area contributed by atoms with Crippen molar-refractivity contribution in [3.63, 3.8) is 0 Å². The van der Waals surface area contributed by atoms with E-state index in [0.29, 0.717) is 17.7 Å². The third kappa shape index (κ3) is 6.66. The Balaban J connectivity index is 2.49. The summed E-state index contributed by atoms with van der Waals surface area (Å²) in [5.74, 6) is 5.51. The average molecular weight is 286 g/mol. The minimum absolute atomic E-state index is 0.0218. The van der Waals surface area contributed by atoms with Gasteiger partial charge in [-0.25, -0.2) is 4.79 Å². The van der Waals surface area contributed by atoms with Gasteiger partial charge in [0.1, 0.15) is 6.54 Å². The fourth-order valence-electron chi connectivity index (χ4n) is 1.21. The first-order chi connectivity index (χ1) is 9.40. The number of aliphatic hydroxyl groups excluding tert-OH is 1. The zero-order valence-electron chi connectivity index (χ0n) is 10.4. The summed E-state index contributed by atoms with van der Waals surface area (Å²) in [4.78, 5) is 11.2. The van der Waals surface area contributed by atoms with Crippen LogP contribution in [0.4, 0.5) is 23.7 Å². The molecule has 108 valence electrons. The fourth-order valence-corrected chi connectivity index (χ4v) is 1.21. The first kappa shape index (κ1) is 15.9. The molecule has 0 fully saturated rings. The lowest BCUT2D eigenvalue weighted by Crippen LogP contribution is -2.36. The van der Waals surface area contributed by atoms with E-state index < -0.39 is 18.8 Å². The number of halogens is 3. The van der Waals surface area contributed by atoms with E-state index in [1.807, 2.05) is 0 Å². The maximum atomic E-state index is 11.9. The van der Waals surface area contributed by atoms with Crippen LogP contribution in [0.5, 0.6) is 0 Å². The van der Waals surface area contributed by atoms with Crippen molar-refractivity contribution in [2.24, 2.45) is 0 Å². The highest BCUT2D eigenvalue weighted by Gasteiger charge is 2.27. The molecule has 0 unspecified atom stereocenters. The first-order valence-electron chi connectivity index (χ1n) is 5.72. The molecule has 0 bridgehead atoms. The summed E-state index contributed by atoms with van der Waals surface area (Å²) in [6, 6.07) is 5.35. The number of hydrogen-bond donors (Lipinski definition) is 3. The van der Waals surface area contributed by atoms with E-state index in [0.717, 1.165) is 0 Å². The maximum Gasteiger partial charge on any atom is 0.405 e. The van der Waals surface area contributed by atoms with Crippen LogP contribution in [-0.4, -0.2) is 30.5 Å². The number of rotatable bonds is 3. The van der Waals surface area contributed by atoms with Crippen LogP contribution >= 0.6 is 0 Å². The molecular formula is C13H13F3N2O2. The molecule has 0 aromatic heterocycles. The largest absolute Gasteiger partial charge is 0.405 e. The number of aliphatic hydroxyl groups is 1. The van der Waals surface area contributed by atoms with Crippen molar-refractivity contribution < 1.29 is 23.1 Å². The number of hydrogen-bond acceptors (Lipinski definition) is 2. The molecule has 20 heavy (non-hydrogen) atoms. The third-order valence-electron chi connectivity index (χ3n) is 2.06. The van der Waals surface area contributed by atoms with Crippen LogP contribution in [0.3, 0.4) is 0 Å². The standard InChI is InChI=1S/C13H13F3N2O2/c14-13(15,16)9-17-12(20)18-11-6-4-10(5-7-11)3-1-2-8-19/h4-7,19H,2,8-9H2,(H2,17,18,20). The van der Waals surface area contributed by atoms with Gasteiger partial charge in [-0.05, 0) is 24.3 Å². The van der Waals surface area contributed by atoms with Gasteiger partial charge in [-0.3, -0.25) is 0 Å². The molecule has 0 saturated heterocycles. The molecule has 0 atom stereocenters. The Morgan fingerprint density at radius 2 is 1.90 bits per heavy atom. The Hall–Kier alpha value is -2.20. The van der Waals surface area contributed by atoms with Crippen LogP contribution in [0.15, 0.2) is 24.3 Å². The van der Waals surface area contributed by atoms with E-state index in [-0.39, 0.29) is 6.61 Å². The summed E-state index contributed by atoms with van der Waals surface area (Å²) in [5.41, 5.74) is 1.04. The van der Waals surface area contributed by atoms with E-state index in [2.05, 4.69) is 17.2 Å². The molecule has 1 aromatic carbocycles. The number of carbonyl (C=O) groups is 1. The van der Waals surface area contributed by atoms with Gasteiger partial charge in [0.2, 0.25) is 0 Å². The molecule has 0 aliphatic heterocycles. The molecule has 0 aliphatic carbocycles. The number of nitrogens with one attached hydrogen (secondary N) is 2. The number of urea groups is 1. The maximum absolute atomic E-state index is 11.9. The van der Waals surface area contributed by atoms with Gasteiger partial charge in [0, 0.05) is 17.7 Å². The van der Waals surface area contributed by atoms with Crippen LogP contribution in [0.2, 0.25) is 0 Å². The second-order valence-electron chi connectivity index (χ2n) is 3.78. The van der Waals surface area contributed by atoms with Gasteiger partial charge in [0.05, 0.1) is 6.61 Å². The van der Waals surface area contributed by atoms with Crippen molar-refractivity contribution in [3.05, 3.63) is 29.8 Å². The van der Waals surface area contributed by atoms with Crippen molar-refractivity contribution >= 4 is 11.7 Å². The zero-order chi connectivity index (χ0) is 15.0. The molecule has 1 aromatic rings. The number of alkyl halides is 3. The molecule has 4 nitrogen and oxygen atoms in total. The zero-order valence-corrected chi connectivity index (χ0v) is 10.4. The van der Waals surface area contributed by atoms with Gasteiger partial charge in [-0.2, -0.15) is 13.2 Å². The van der Waals surface area contributed by atoms with E-state index in [1.54, 1.807) is 17.4 Å². The molecule has 1 rings (SSSR count). The lowest BCUT2D eigenvalue weighted by Gasteiger charge is -2.09. The van der Waals surface area contributed by atoms with Gasteiger partial charge in [-0.15, -0.1) is 0 Å². The van der Waals surface area contributed by atoms with Gasteiger partial charge in [-0.1, -0.05) is 11.8 Å². The first-order valence-corrected chi connectivity index (χ1v) is 5.72. The summed E-state index contributed by atoms with van der Waals surface area (Å²) in [5, 5.41) is 12.5. The van der Waals surface area contributed by atoms with Gasteiger partial charge in [0.15, 0.2) is 0 Å². The van der Waals surface area contributed by atoms with Crippen LogP contribution in [0.25, 0.3) is 0 Å². The van der Waals surface area contributed by atoms with Gasteiger partial charge < -0.3 is 15.7 Å². The number of benzene rings is 1. The second kappa shape index (κ2) is 7.40. The molecule has 0 aliphatic rings. The lowest BCUT2D eigenvalue weighted by molar-refractivity contribution is -0.122. The van der Waals surface area contributed by atoms with Crippen molar-refractivity contribution in [1.29, 1.82) is 0 Å². The van der Waals surface area contributed by atoms with Crippen molar-refractivity contribution in [2.45, 2.75) is 12.6 Å². The Bertz CT molecular complexity index is 501. The van der Waals surface area contributed by atoms with Crippen LogP contribution in [0, 0.1) is 11.8 Å². The van der Waals surface area contributed by atoms with Crippen molar-refractivity contribution in [3.8, 4) is 11.8 Å². The van der Waals surface area contributed by atoms with Crippen molar-refractivity contribution in [1.82, 2.24) is 5.32 Å². The van der Waals surface area contributed by atoms with Crippen LogP contribution in [-0.2, 0) is 0 Å². The SMILES string of the molecule is O=C(NCC(F)(F)F)Nc1ccc(C#CCCO)cc1. The highest BCUT2D eigenvalue weighted by atomic mass is 19.4. The molecule has 0 heterocycles. The third-order valence-corrected chi connectivity index (χ3v) is 2.06. The van der Waals surface area contributed by atoms with Gasteiger partial charge >= 0.3 is 12.2 Å². The average Bonchev–Trinajstić information content (AvgIpc) is 2.38. The molecule has 7 heteroatoms. The van der Waals surface area contributed by atoms with E-state index >= 15 is 0 Å². The Morgan fingerprint density at radius 1 is 1.25 bits per heavy atom. The van der Waals surface area contributed by atoms with Gasteiger partial charge in [0.25, 0.3) is 0 Å².